The van der Waals surface area contributed by atoms with Crippen LogP contribution in [-0.4, -0.2) is 22.0 Å². The summed E-state index contributed by atoms with van der Waals surface area (Å²) in [7, 11) is 0. The third-order valence-electron chi connectivity index (χ3n) is 4.27. The molecule has 2 N–H and O–H groups in total. The van der Waals surface area contributed by atoms with E-state index in [9.17, 15) is 24.8 Å². The molecule has 0 radical (unpaired) electrons. The minimum Gasteiger partial charge on any atom is -0.478 e. The molecule has 8 nitrogen and oxygen atoms in total. The average Bonchev–Trinajstić information content (AvgIpc) is 2.66. The van der Waals surface area contributed by atoms with Gasteiger partial charge in [-0.1, -0.05) is 24.1 Å². The number of hydrogen-bond acceptors (Lipinski definition) is 6. The van der Waals surface area contributed by atoms with Crippen LogP contribution in [0.5, 0.6) is 0 Å². The van der Waals surface area contributed by atoms with E-state index in [0.29, 0.717) is 18.5 Å². The summed E-state index contributed by atoms with van der Waals surface area (Å²) in [6.45, 7) is 3.09. The predicted molar refractivity (Wildman–Crippen MR) is 104 cm³/mol. The van der Waals surface area contributed by atoms with Gasteiger partial charge in [0.1, 0.15) is 6.11 Å². The maximum Gasteiger partial charge on any atom is 0.350 e. The normalized spacial score (nSPS) is 15.6. The topological polar surface area (TPSA) is 119 Å². The van der Waals surface area contributed by atoms with Gasteiger partial charge in [-0.05, 0) is 13.8 Å². The highest BCUT2D eigenvalue weighted by molar-refractivity contribution is 5.99. The number of para-hydroxylation sites is 1. The Hall–Kier alpha value is -4.04. The Morgan fingerprint density at radius 1 is 1.24 bits per heavy atom. The number of rotatable bonds is 5. The van der Waals surface area contributed by atoms with E-state index in [0.717, 1.165) is 0 Å². The van der Waals surface area contributed by atoms with Crippen molar-refractivity contribution in [3.63, 3.8) is 0 Å². The van der Waals surface area contributed by atoms with Crippen LogP contribution in [-0.2, 0) is 14.3 Å². The molecular weight excluding hydrogens is 376 g/mol. The maximum atomic E-state index is 12.7. The Labute approximate surface area is 167 Å². The van der Waals surface area contributed by atoms with Crippen molar-refractivity contribution in [2.75, 3.05) is 0 Å². The summed E-state index contributed by atoms with van der Waals surface area (Å²) in [5.41, 5.74) is 0.123. The highest BCUT2D eigenvalue weighted by atomic mass is 16.6. The van der Waals surface area contributed by atoms with Crippen LogP contribution in [0.3, 0.4) is 0 Å². The maximum absolute atomic E-state index is 12.7. The number of carboxylic acids is 1. The van der Waals surface area contributed by atoms with E-state index in [4.69, 9.17) is 11.2 Å². The zero-order valence-corrected chi connectivity index (χ0v) is 15.8. The predicted octanol–water partition coefficient (Wildman–Crippen LogP) is 2.83. The fourth-order valence-corrected chi connectivity index (χ4v) is 3.08. The monoisotopic (exact) mass is 394 g/mol. The molecule has 1 aromatic rings. The lowest BCUT2D eigenvalue weighted by Gasteiger charge is -2.28. The largest absolute Gasteiger partial charge is 0.478 e. The Morgan fingerprint density at radius 2 is 1.90 bits per heavy atom. The van der Waals surface area contributed by atoms with Gasteiger partial charge in [0.2, 0.25) is 0 Å². The molecule has 0 bridgehead atoms. The van der Waals surface area contributed by atoms with Gasteiger partial charge in [-0.15, -0.1) is 12.3 Å². The van der Waals surface area contributed by atoms with E-state index in [1.807, 2.05) is 0 Å². The van der Waals surface area contributed by atoms with Crippen LogP contribution in [0.15, 0.2) is 46.8 Å². The molecule has 148 valence electrons. The molecule has 0 fully saturated rings. The van der Waals surface area contributed by atoms with Gasteiger partial charge in [-0.25, -0.2) is 9.59 Å². The molecule has 1 atom stereocenters. The van der Waals surface area contributed by atoms with Crippen molar-refractivity contribution in [2.24, 2.45) is 0 Å². The van der Waals surface area contributed by atoms with Gasteiger partial charge in [-0.2, -0.15) is 0 Å². The summed E-state index contributed by atoms with van der Waals surface area (Å²) in [5.74, 6) is 1.58. The van der Waals surface area contributed by atoms with Crippen LogP contribution < -0.4 is 5.32 Å². The third kappa shape index (κ3) is 4.63. The average molecular weight is 394 g/mol. The first-order chi connectivity index (χ1) is 13.8. The first-order valence-electron chi connectivity index (χ1n) is 8.57. The van der Waals surface area contributed by atoms with E-state index >= 15 is 0 Å². The fourth-order valence-electron chi connectivity index (χ4n) is 3.08. The Bertz CT molecular complexity index is 1030. The molecule has 1 heterocycles. The number of carboxylic acid groups (broad SMARTS) is 1. The molecule has 8 heteroatoms. The van der Waals surface area contributed by atoms with Crippen LogP contribution in [0.4, 0.5) is 5.69 Å². The molecule has 0 aromatic heterocycles. The summed E-state index contributed by atoms with van der Waals surface area (Å²) >= 11 is 0. The summed E-state index contributed by atoms with van der Waals surface area (Å²) < 4.78 is 4.96. The second kappa shape index (κ2) is 9.25. The van der Waals surface area contributed by atoms with Crippen LogP contribution in [0.1, 0.15) is 38.2 Å². The zero-order valence-electron chi connectivity index (χ0n) is 15.8. The van der Waals surface area contributed by atoms with Gasteiger partial charge >= 0.3 is 11.9 Å². The van der Waals surface area contributed by atoms with Gasteiger partial charge in [-0.3, -0.25) is 10.1 Å². The van der Waals surface area contributed by atoms with E-state index in [1.54, 1.807) is 6.92 Å². The number of nitro benzene ring substituents is 1. The molecule has 1 aromatic carbocycles. The lowest BCUT2D eigenvalue weighted by atomic mass is 9.80. The number of allylic oxidation sites excluding steroid dienone is 2. The van der Waals surface area contributed by atoms with Crippen molar-refractivity contribution in [2.45, 2.75) is 32.6 Å². The first-order valence-corrected chi connectivity index (χ1v) is 8.57. The number of carbonyl (C=O) groups excluding carboxylic acids is 1. The van der Waals surface area contributed by atoms with Crippen molar-refractivity contribution in [3.8, 4) is 24.4 Å². The number of nitro groups is 1. The summed E-state index contributed by atoms with van der Waals surface area (Å²) in [5, 5.41) is 24.1. The lowest BCUT2D eigenvalue weighted by molar-refractivity contribution is -0.385. The molecule has 1 aliphatic heterocycles. The molecule has 0 spiro atoms. The van der Waals surface area contributed by atoms with Crippen molar-refractivity contribution in [3.05, 3.63) is 62.5 Å². The summed E-state index contributed by atoms with van der Waals surface area (Å²) in [6, 6.07) is 5.68. The number of aliphatic carboxylic acids is 1. The molecule has 2 rings (SSSR count). The molecule has 0 saturated heterocycles. The number of esters is 1. The third-order valence-corrected chi connectivity index (χ3v) is 4.27. The van der Waals surface area contributed by atoms with Crippen LogP contribution in [0, 0.1) is 34.5 Å². The lowest BCUT2D eigenvalue weighted by Crippen LogP contribution is -2.31. The van der Waals surface area contributed by atoms with Crippen molar-refractivity contribution in [1.82, 2.24) is 5.32 Å². The highest BCUT2D eigenvalue weighted by Crippen LogP contribution is 2.42. The summed E-state index contributed by atoms with van der Waals surface area (Å²) in [4.78, 5) is 35.6. The molecule has 0 amide bonds. The minimum atomic E-state index is -1.31. The number of ether oxygens (including phenoxy) is 1. The van der Waals surface area contributed by atoms with E-state index < -0.39 is 22.8 Å². The second-order valence-corrected chi connectivity index (χ2v) is 6.13. The number of dihydropyridines is 1. The minimum absolute atomic E-state index is 0.0615. The van der Waals surface area contributed by atoms with Gasteiger partial charge < -0.3 is 15.2 Å². The Morgan fingerprint density at radius 3 is 2.52 bits per heavy atom. The molecule has 0 saturated carbocycles. The fraction of sp³-hybridized carbons (Fsp3) is 0.238. The number of nitrogens with zero attached hydrogens (tertiary/aromatic N) is 1. The standard InChI is InChI=1S/C21H18N2O6/c1-4-5-6-9-12-29-21(26)18-14(3)22-13(2)17(20(24)25)19(18)15-10-7-8-11-16(15)23(27)28/h1,7-8,10-11,19,22H,5-6H2,2-3H3,(H,24,25). The molecule has 0 aliphatic carbocycles. The number of carbonyl (C=O) groups is 2. The Balaban J connectivity index is 2.59. The summed E-state index contributed by atoms with van der Waals surface area (Å²) in [6.07, 6.45) is 8.09. The van der Waals surface area contributed by atoms with Gasteiger partial charge in [0.15, 0.2) is 0 Å². The van der Waals surface area contributed by atoms with Gasteiger partial charge in [0, 0.05) is 35.9 Å². The number of benzene rings is 1. The van der Waals surface area contributed by atoms with Crippen molar-refractivity contribution < 1.29 is 24.4 Å². The van der Waals surface area contributed by atoms with Crippen LogP contribution in [0.2, 0.25) is 0 Å². The Kier molecular flexibility index (Phi) is 6.78. The number of nitrogens with one attached hydrogen (secondary N) is 1. The SMILES string of the molecule is C#CCCC#COC(=O)C1=C(C)NC(C)=C(C(=O)O)C1c1ccccc1[N+](=O)[O-]. The van der Waals surface area contributed by atoms with E-state index in [-0.39, 0.29) is 28.1 Å². The van der Waals surface area contributed by atoms with E-state index in [1.165, 1.54) is 31.2 Å². The van der Waals surface area contributed by atoms with Crippen LogP contribution in [0.25, 0.3) is 0 Å². The first kappa shape index (κ1) is 21.3. The van der Waals surface area contributed by atoms with E-state index in [2.05, 4.69) is 23.3 Å². The quantitative estimate of drug-likeness (QED) is 0.259. The van der Waals surface area contributed by atoms with Crippen molar-refractivity contribution in [1.29, 1.82) is 0 Å². The number of hydrogen-bond donors (Lipinski definition) is 2. The number of terminal acetylenes is 1. The molecule has 29 heavy (non-hydrogen) atoms. The second-order valence-electron chi connectivity index (χ2n) is 6.13. The van der Waals surface area contributed by atoms with Gasteiger partial charge in [0.05, 0.1) is 22.0 Å². The van der Waals surface area contributed by atoms with Crippen molar-refractivity contribution >= 4 is 17.6 Å². The smallest absolute Gasteiger partial charge is 0.350 e. The molecular formula is C21H18N2O6. The van der Waals surface area contributed by atoms with Gasteiger partial charge in [0.25, 0.3) is 5.69 Å². The zero-order chi connectivity index (χ0) is 21.6. The molecule has 1 unspecified atom stereocenters. The molecule has 1 aliphatic rings. The number of unbranched alkanes of at least 4 members (excludes halogenated alkanes) is 1. The highest BCUT2D eigenvalue weighted by Gasteiger charge is 2.40. The van der Waals surface area contributed by atoms with Crippen LogP contribution >= 0.6 is 0 Å².